The number of hydrogen-bond donors (Lipinski definition) is 2. The largest absolute Gasteiger partial charge is 0.480 e. The smallest absolute Gasteiger partial charge is 0.320 e. The van der Waals surface area contributed by atoms with Gasteiger partial charge in [-0.25, -0.2) is 4.98 Å². The van der Waals surface area contributed by atoms with Gasteiger partial charge in [0.15, 0.2) is 6.39 Å². The average molecular weight is 156 g/mol. The number of aliphatic carboxylic acids is 1. The number of carboxylic acids is 1. The highest BCUT2D eigenvalue weighted by Gasteiger charge is 2.13. The van der Waals surface area contributed by atoms with Crippen LogP contribution < -0.4 is 5.73 Å². The summed E-state index contributed by atoms with van der Waals surface area (Å²) in [6.07, 6.45) is 2.86. The molecule has 0 saturated carbocycles. The SMILES string of the molecule is NC(Cc1cnco1)C(=O)O. The topological polar surface area (TPSA) is 89.4 Å². The lowest BCUT2D eigenvalue weighted by molar-refractivity contribution is -0.138. The molecule has 5 nitrogen and oxygen atoms in total. The molecule has 5 heteroatoms. The normalized spacial score (nSPS) is 12.8. The molecule has 1 rings (SSSR count). The van der Waals surface area contributed by atoms with Crippen LogP contribution in [0.15, 0.2) is 17.0 Å². The first-order valence-corrected chi connectivity index (χ1v) is 3.06. The summed E-state index contributed by atoms with van der Waals surface area (Å²) in [5.41, 5.74) is 5.22. The summed E-state index contributed by atoms with van der Waals surface area (Å²) in [6, 6.07) is -0.914. The van der Waals surface area contributed by atoms with Crippen LogP contribution in [0.5, 0.6) is 0 Å². The fraction of sp³-hybridized carbons (Fsp3) is 0.333. The zero-order chi connectivity index (χ0) is 8.27. The van der Waals surface area contributed by atoms with E-state index in [9.17, 15) is 4.79 Å². The van der Waals surface area contributed by atoms with Crippen molar-refractivity contribution in [1.29, 1.82) is 0 Å². The second kappa shape index (κ2) is 3.16. The van der Waals surface area contributed by atoms with Crippen LogP contribution in [-0.2, 0) is 11.2 Å². The second-order valence-electron chi connectivity index (χ2n) is 2.12. The van der Waals surface area contributed by atoms with Crippen LogP contribution in [0.3, 0.4) is 0 Å². The highest BCUT2D eigenvalue weighted by molar-refractivity contribution is 5.73. The molecular weight excluding hydrogens is 148 g/mol. The van der Waals surface area contributed by atoms with Crippen LogP contribution in [0.4, 0.5) is 0 Å². The van der Waals surface area contributed by atoms with Crippen LogP contribution >= 0.6 is 0 Å². The molecule has 1 heterocycles. The average Bonchev–Trinajstić information content (AvgIpc) is 2.39. The minimum atomic E-state index is -1.04. The highest BCUT2D eigenvalue weighted by Crippen LogP contribution is 1.99. The Balaban J connectivity index is 2.50. The van der Waals surface area contributed by atoms with Crippen LogP contribution in [0.25, 0.3) is 0 Å². The third kappa shape index (κ3) is 2.05. The lowest BCUT2D eigenvalue weighted by Gasteiger charge is -2.00. The molecule has 0 aliphatic carbocycles. The van der Waals surface area contributed by atoms with Gasteiger partial charge in [0.1, 0.15) is 11.8 Å². The van der Waals surface area contributed by atoms with E-state index in [1.54, 1.807) is 0 Å². The summed E-state index contributed by atoms with van der Waals surface area (Å²) in [7, 11) is 0. The molecular formula is C6H8N2O3. The van der Waals surface area contributed by atoms with Gasteiger partial charge in [0.25, 0.3) is 0 Å². The Bertz CT molecular complexity index is 232. The van der Waals surface area contributed by atoms with E-state index in [4.69, 9.17) is 15.3 Å². The molecule has 11 heavy (non-hydrogen) atoms. The van der Waals surface area contributed by atoms with Gasteiger partial charge in [0.2, 0.25) is 0 Å². The van der Waals surface area contributed by atoms with E-state index in [2.05, 4.69) is 4.98 Å². The first-order valence-electron chi connectivity index (χ1n) is 3.06. The third-order valence-electron chi connectivity index (χ3n) is 1.22. The van der Waals surface area contributed by atoms with E-state index in [-0.39, 0.29) is 6.42 Å². The summed E-state index contributed by atoms with van der Waals surface area (Å²) in [4.78, 5) is 13.9. The molecule has 0 amide bonds. The lowest BCUT2D eigenvalue weighted by atomic mass is 10.2. The van der Waals surface area contributed by atoms with E-state index in [1.807, 2.05) is 0 Å². The monoisotopic (exact) mass is 156 g/mol. The van der Waals surface area contributed by atoms with Gasteiger partial charge in [0, 0.05) is 6.42 Å². The Kier molecular flexibility index (Phi) is 2.22. The predicted octanol–water partition coefficient (Wildman–Crippen LogP) is -0.371. The first kappa shape index (κ1) is 7.74. The van der Waals surface area contributed by atoms with E-state index in [1.165, 1.54) is 12.6 Å². The molecule has 0 saturated heterocycles. The van der Waals surface area contributed by atoms with Crippen LogP contribution in [0.1, 0.15) is 5.76 Å². The zero-order valence-electron chi connectivity index (χ0n) is 5.73. The third-order valence-corrected chi connectivity index (χ3v) is 1.22. The summed E-state index contributed by atoms with van der Waals surface area (Å²) >= 11 is 0. The molecule has 1 aromatic heterocycles. The maximum Gasteiger partial charge on any atom is 0.320 e. The summed E-state index contributed by atoms with van der Waals surface area (Å²) in [6.45, 7) is 0. The van der Waals surface area contributed by atoms with Crippen molar-refractivity contribution in [2.75, 3.05) is 0 Å². The van der Waals surface area contributed by atoms with Gasteiger partial charge in [-0.05, 0) is 0 Å². The zero-order valence-corrected chi connectivity index (χ0v) is 5.73. The van der Waals surface area contributed by atoms with Crippen molar-refractivity contribution in [1.82, 2.24) is 4.98 Å². The number of nitrogens with zero attached hydrogens (tertiary/aromatic N) is 1. The van der Waals surface area contributed by atoms with Crippen molar-refractivity contribution in [3.8, 4) is 0 Å². The molecule has 0 bridgehead atoms. The Morgan fingerprint density at radius 3 is 3.09 bits per heavy atom. The number of hydrogen-bond acceptors (Lipinski definition) is 4. The number of rotatable bonds is 3. The Labute approximate surface area is 62.8 Å². The van der Waals surface area contributed by atoms with E-state index in [0.717, 1.165) is 0 Å². The van der Waals surface area contributed by atoms with Gasteiger partial charge < -0.3 is 15.3 Å². The predicted molar refractivity (Wildman–Crippen MR) is 35.8 cm³/mol. The Hall–Kier alpha value is -1.36. The molecule has 60 valence electrons. The minimum Gasteiger partial charge on any atom is -0.480 e. The molecule has 0 aromatic carbocycles. The number of aromatic nitrogens is 1. The van der Waals surface area contributed by atoms with Crippen LogP contribution in [-0.4, -0.2) is 22.1 Å². The van der Waals surface area contributed by atoms with E-state index in [0.29, 0.717) is 5.76 Å². The Morgan fingerprint density at radius 1 is 1.91 bits per heavy atom. The summed E-state index contributed by atoms with van der Waals surface area (Å²) < 4.78 is 4.80. The number of carboxylic acid groups (broad SMARTS) is 1. The van der Waals surface area contributed by atoms with Gasteiger partial charge in [-0.3, -0.25) is 4.79 Å². The number of oxazole rings is 1. The standard InChI is InChI=1S/C6H8N2O3/c7-5(6(9)10)1-4-2-8-3-11-4/h2-3,5H,1,7H2,(H,9,10). The van der Waals surface area contributed by atoms with Crippen molar-refractivity contribution in [3.05, 3.63) is 18.4 Å². The molecule has 0 fully saturated rings. The summed E-state index contributed by atoms with van der Waals surface area (Å²) in [5.74, 6) is -0.554. The Morgan fingerprint density at radius 2 is 2.64 bits per heavy atom. The van der Waals surface area contributed by atoms with Gasteiger partial charge in [-0.2, -0.15) is 0 Å². The molecule has 1 atom stereocenters. The maximum atomic E-state index is 10.2. The van der Waals surface area contributed by atoms with Gasteiger partial charge >= 0.3 is 5.97 Å². The van der Waals surface area contributed by atoms with Crippen molar-refractivity contribution < 1.29 is 14.3 Å². The van der Waals surface area contributed by atoms with Crippen LogP contribution in [0, 0.1) is 0 Å². The lowest BCUT2D eigenvalue weighted by Crippen LogP contribution is -2.32. The summed E-state index contributed by atoms with van der Waals surface area (Å²) in [5, 5.41) is 8.39. The van der Waals surface area contributed by atoms with Crippen molar-refractivity contribution >= 4 is 5.97 Å². The fourth-order valence-electron chi connectivity index (χ4n) is 0.647. The van der Waals surface area contributed by atoms with E-state index >= 15 is 0 Å². The number of carbonyl (C=O) groups is 1. The molecule has 0 aliphatic heterocycles. The fourth-order valence-corrected chi connectivity index (χ4v) is 0.647. The maximum absolute atomic E-state index is 10.2. The van der Waals surface area contributed by atoms with E-state index < -0.39 is 12.0 Å². The molecule has 0 radical (unpaired) electrons. The van der Waals surface area contributed by atoms with Crippen molar-refractivity contribution in [3.63, 3.8) is 0 Å². The van der Waals surface area contributed by atoms with Gasteiger partial charge in [-0.15, -0.1) is 0 Å². The molecule has 1 aromatic rings. The molecule has 0 aliphatic rings. The molecule has 0 spiro atoms. The molecule has 3 N–H and O–H groups in total. The van der Waals surface area contributed by atoms with Gasteiger partial charge in [-0.1, -0.05) is 0 Å². The van der Waals surface area contributed by atoms with Crippen molar-refractivity contribution in [2.24, 2.45) is 5.73 Å². The second-order valence-corrected chi connectivity index (χ2v) is 2.12. The van der Waals surface area contributed by atoms with Gasteiger partial charge in [0.05, 0.1) is 6.20 Å². The first-order chi connectivity index (χ1) is 5.20. The quantitative estimate of drug-likeness (QED) is 0.623. The van der Waals surface area contributed by atoms with Crippen molar-refractivity contribution in [2.45, 2.75) is 12.5 Å². The minimum absolute atomic E-state index is 0.176. The number of nitrogens with two attached hydrogens (primary N) is 1. The van der Waals surface area contributed by atoms with Crippen LogP contribution in [0.2, 0.25) is 0 Å². The highest BCUT2D eigenvalue weighted by atomic mass is 16.4. The molecule has 1 unspecified atom stereocenters.